The van der Waals surface area contributed by atoms with Crippen molar-refractivity contribution in [2.75, 3.05) is 25.4 Å². The summed E-state index contributed by atoms with van der Waals surface area (Å²) >= 11 is 20.3. The van der Waals surface area contributed by atoms with E-state index in [1.54, 1.807) is 47.0 Å². The summed E-state index contributed by atoms with van der Waals surface area (Å²) in [7, 11) is 0. The van der Waals surface area contributed by atoms with Gasteiger partial charge in [-0.1, -0.05) is 89.0 Å². The molecule has 5 rings (SSSR count). The molecule has 1 fully saturated rings. The highest BCUT2D eigenvalue weighted by Crippen LogP contribution is 2.29. The molecule has 0 spiro atoms. The Morgan fingerprint density at radius 3 is 2.40 bits per heavy atom. The van der Waals surface area contributed by atoms with Crippen molar-refractivity contribution in [3.05, 3.63) is 105 Å². The lowest BCUT2D eigenvalue weighted by atomic mass is 10.1. The second kappa shape index (κ2) is 14.0. The second-order valence-electron chi connectivity index (χ2n) is 10.1. The summed E-state index contributed by atoms with van der Waals surface area (Å²) in [5.74, 6) is 1.46. The minimum atomic E-state index is -0.103. The van der Waals surface area contributed by atoms with Crippen LogP contribution in [0.3, 0.4) is 0 Å². The van der Waals surface area contributed by atoms with Gasteiger partial charge in [0.15, 0.2) is 5.16 Å². The van der Waals surface area contributed by atoms with Crippen LogP contribution in [-0.2, 0) is 11.2 Å². The third-order valence-corrected chi connectivity index (χ3v) is 9.26. The minimum absolute atomic E-state index is 0.0861. The van der Waals surface area contributed by atoms with Crippen LogP contribution in [0.5, 0.6) is 0 Å². The zero-order valence-electron chi connectivity index (χ0n) is 23.1. The van der Waals surface area contributed by atoms with Gasteiger partial charge in [0.25, 0.3) is 5.91 Å². The van der Waals surface area contributed by atoms with Crippen molar-refractivity contribution in [3.63, 3.8) is 0 Å². The summed E-state index contributed by atoms with van der Waals surface area (Å²) in [6, 6.07) is 22.5. The Kier molecular flexibility index (Phi) is 10.1. The molecule has 0 bridgehead atoms. The molecule has 7 nitrogen and oxygen atoms in total. The molecule has 42 heavy (non-hydrogen) atoms. The molecule has 0 radical (unpaired) electrons. The number of piperazine rings is 1. The van der Waals surface area contributed by atoms with E-state index in [1.807, 2.05) is 46.7 Å². The van der Waals surface area contributed by atoms with Gasteiger partial charge in [-0.2, -0.15) is 0 Å². The fourth-order valence-corrected chi connectivity index (χ4v) is 6.41. The average Bonchev–Trinajstić information content (AvgIpc) is 3.39. The van der Waals surface area contributed by atoms with E-state index in [1.165, 1.54) is 0 Å². The van der Waals surface area contributed by atoms with Crippen molar-refractivity contribution in [1.82, 2.24) is 24.6 Å². The predicted molar refractivity (Wildman–Crippen MR) is 169 cm³/mol. The van der Waals surface area contributed by atoms with Crippen LogP contribution in [0, 0.1) is 0 Å². The van der Waals surface area contributed by atoms with Crippen LogP contribution in [0.15, 0.2) is 78.0 Å². The molecule has 2 heterocycles. The molecule has 1 aliphatic heterocycles. The zero-order chi connectivity index (χ0) is 29.6. The monoisotopic (exact) mass is 641 g/mol. The number of halogens is 3. The molecule has 1 aliphatic rings. The van der Waals surface area contributed by atoms with Gasteiger partial charge in [0.2, 0.25) is 5.91 Å². The van der Waals surface area contributed by atoms with Gasteiger partial charge in [-0.25, -0.2) is 0 Å². The van der Waals surface area contributed by atoms with Gasteiger partial charge in [0.1, 0.15) is 5.82 Å². The summed E-state index contributed by atoms with van der Waals surface area (Å²) in [4.78, 5) is 29.7. The maximum Gasteiger partial charge on any atom is 0.255 e. The first-order valence-corrected chi connectivity index (χ1v) is 15.8. The third-order valence-electron chi connectivity index (χ3n) is 7.18. The lowest BCUT2D eigenvalue weighted by Gasteiger charge is -2.40. The summed E-state index contributed by atoms with van der Waals surface area (Å²) in [5.41, 5.74) is 2.44. The van der Waals surface area contributed by atoms with E-state index in [9.17, 15) is 9.59 Å². The Morgan fingerprint density at radius 1 is 0.905 bits per heavy atom. The lowest BCUT2D eigenvalue weighted by Crippen LogP contribution is -2.55. The summed E-state index contributed by atoms with van der Waals surface area (Å²) in [5, 5.41) is 11.1. The number of benzene rings is 3. The van der Waals surface area contributed by atoms with Crippen LogP contribution < -0.4 is 0 Å². The number of amides is 2. The minimum Gasteiger partial charge on any atom is -0.339 e. The fourth-order valence-electron chi connectivity index (χ4n) is 4.99. The van der Waals surface area contributed by atoms with E-state index in [0.29, 0.717) is 65.3 Å². The Bertz CT molecular complexity index is 1570. The molecule has 1 atom stereocenters. The van der Waals surface area contributed by atoms with Crippen LogP contribution in [0.4, 0.5) is 0 Å². The normalized spacial score (nSPS) is 15.2. The molecule has 2 amide bonds. The number of carbonyl (C=O) groups is 2. The van der Waals surface area contributed by atoms with E-state index in [-0.39, 0.29) is 17.9 Å². The van der Waals surface area contributed by atoms with Gasteiger partial charge in [-0.3, -0.25) is 14.2 Å². The molecule has 11 heteroatoms. The first kappa shape index (κ1) is 30.4. The highest BCUT2D eigenvalue weighted by Gasteiger charge is 2.30. The van der Waals surface area contributed by atoms with Gasteiger partial charge >= 0.3 is 0 Å². The molecule has 0 aliphatic carbocycles. The lowest BCUT2D eigenvalue weighted by molar-refractivity contribution is -0.133. The van der Waals surface area contributed by atoms with Gasteiger partial charge in [-0.15, -0.1) is 10.2 Å². The SMILES string of the molecule is CC1CN(C(=O)CCCSc2nnc(Cc3ccccc3)n2-c2ccc(Cl)c(Cl)c2)CCN1C(=O)c1ccccc1Cl. The smallest absolute Gasteiger partial charge is 0.255 e. The van der Waals surface area contributed by atoms with Gasteiger partial charge in [0.05, 0.1) is 26.3 Å². The molecular weight excluding hydrogens is 613 g/mol. The van der Waals surface area contributed by atoms with E-state index >= 15 is 0 Å². The maximum absolute atomic E-state index is 13.1. The Balaban J connectivity index is 1.18. The number of carbonyl (C=O) groups excluding carboxylic acids is 2. The van der Waals surface area contributed by atoms with Crippen molar-refractivity contribution < 1.29 is 9.59 Å². The van der Waals surface area contributed by atoms with Crippen molar-refractivity contribution in [3.8, 4) is 5.69 Å². The number of nitrogens with zero attached hydrogens (tertiary/aromatic N) is 5. The molecule has 0 saturated carbocycles. The summed E-state index contributed by atoms with van der Waals surface area (Å²) in [6.07, 6.45) is 1.70. The van der Waals surface area contributed by atoms with E-state index in [4.69, 9.17) is 34.8 Å². The van der Waals surface area contributed by atoms with Crippen molar-refractivity contribution >= 4 is 58.4 Å². The van der Waals surface area contributed by atoms with Crippen molar-refractivity contribution in [2.45, 2.75) is 37.4 Å². The molecule has 1 saturated heterocycles. The summed E-state index contributed by atoms with van der Waals surface area (Å²) < 4.78 is 2.00. The number of thioether (sulfide) groups is 1. The van der Waals surface area contributed by atoms with E-state index < -0.39 is 0 Å². The van der Waals surface area contributed by atoms with E-state index in [0.717, 1.165) is 22.2 Å². The van der Waals surface area contributed by atoms with Gasteiger partial charge < -0.3 is 9.80 Å². The Morgan fingerprint density at radius 2 is 1.67 bits per heavy atom. The topological polar surface area (TPSA) is 71.3 Å². The molecule has 1 aromatic heterocycles. The maximum atomic E-state index is 13.1. The number of rotatable bonds is 9. The molecule has 1 unspecified atom stereocenters. The molecule has 0 N–H and O–H groups in total. The average molecular weight is 643 g/mol. The highest BCUT2D eigenvalue weighted by atomic mass is 35.5. The molecule has 4 aromatic rings. The zero-order valence-corrected chi connectivity index (χ0v) is 26.1. The predicted octanol–water partition coefficient (Wildman–Crippen LogP) is 7.06. The molecule has 218 valence electrons. The summed E-state index contributed by atoms with van der Waals surface area (Å²) in [6.45, 7) is 3.44. The first-order chi connectivity index (χ1) is 20.3. The largest absolute Gasteiger partial charge is 0.339 e. The van der Waals surface area contributed by atoms with Gasteiger partial charge in [-0.05, 0) is 49.2 Å². The standard InChI is InChI=1S/C31H30Cl3N5O2S/c1-21-20-37(15-16-38(21)30(41)24-10-5-6-11-25(24)32)29(40)12-7-17-42-31-36-35-28(18-22-8-3-2-4-9-22)39(31)23-13-14-26(33)27(34)19-23/h2-6,8-11,13-14,19,21H,7,12,15-18,20H2,1H3. The van der Waals surface area contributed by atoms with Crippen molar-refractivity contribution in [1.29, 1.82) is 0 Å². The van der Waals surface area contributed by atoms with Crippen LogP contribution >= 0.6 is 46.6 Å². The van der Waals surface area contributed by atoms with Crippen LogP contribution in [0.2, 0.25) is 15.1 Å². The fraction of sp³-hybridized carbons (Fsp3) is 0.290. The number of hydrogen-bond acceptors (Lipinski definition) is 5. The highest BCUT2D eigenvalue weighted by molar-refractivity contribution is 7.99. The number of aromatic nitrogens is 3. The van der Waals surface area contributed by atoms with Crippen molar-refractivity contribution in [2.24, 2.45) is 0 Å². The Labute approximate surface area is 264 Å². The van der Waals surface area contributed by atoms with E-state index in [2.05, 4.69) is 22.3 Å². The second-order valence-corrected chi connectivity index (χ2v) is 12.4. The van der Waals surface area contributed by atoms with Crippen LogP contribution in [0.25, 0.3) is 5.69 Å². The molecule has 3 aromatic carbocycles. The molecular formula is C31H30Cl3N5O2S. The van der Waals surface area contributed by atoms with Gasteiger partial charge in [0, 0.05) is 44.3 Å². The third kappa shape index (κ3) is 7.11. The quantitative estimate of drug-likeness (QED) is 0.144. The van der Waals surface area contributed by atoms with Crippen LogP contribution in [-0.4, -0.2) is 67.8 Å². The first-order valence-electron chi connectivity index (χ1n) is 13.7. The Hall–Kier alpha value is -3.04. The number of hydrogen-bond donors (Lipinski definition) is 0. The van der Waals surface area contributed by atoms with Crippen LogP contribution in [0.1, 0.15) is 41.5 Å².